The van der Waals surface area contributed by atoms with Gasteiger partial charge in [0.1, 0.15) is 24.0 Å². The van der Waals surface area contributed by atoms with Crippen LogP contribution in [-0.4, -0.2) is 6.54 Å². The predicted molar refractivity (Wildman–Crippen MR) is 74.6 cm³/mol. The molecule has 2 aromatic carbocycles. The first kappa shape index (κ1) is 14.5. The molecular formula is C16H17F2NO. The average molecular weight is 277 g/mol. The Labute approximate surface area is 117 Å². The van der Waals surface area contributed by atoms with Crippen molar-refractivity contribution in [3.63, 3.8) is 0 Å². The normalized spacial score (nSPS) is 10.6. The van der Waals surface area contributed by atoms with Crippen LogP contribution in [0.2, 0.25) is 0 Å². The minimum Gasteiger partial charge on any atom is -0.489 e. The summed E-state index contributed by atoms with van der Waals surface area (Å²) in [5.41, 5.74) is 7.97. The van der Waals surface area contributed by atoms with Gasteiger partial charge in [0.2, 0.25) is 0 Å². The Morgan fingerprint density at radius 2 is 1.70 bits per heavy atom. The van der Waals surface area contributed by atoms with E-state index in [4.69, 9.17) is 10.5 Å². The molecular weight excluding hydrogens is 260 g/mol. The third-order valence-electron chi connectivity index (χ3n) is 3.12. The summed E-state index contributed by atoms with van der Waals surface area (Å²) >= 11 is 0. The molecule has 2 N–H and O–H groups in total. The molecule has 4 heteroatoms. The van der Waals surface area contributed by atoms with E-state index in [0.29, 0.717) is 25.3 Å². The molecule has 0 amide bonds. The zero-order chi connectivity index (χ0) is 14.5. The van der Waals surface area contributed by atoms with E-state index in [1.165, 1.54) is 24.3 Å². The molecule has 0 aliphatic heterocycles. The van der Waals surface area contributed by atoms with Gasteiger partial charge in [-0.05, 0) is 66.9 Å². The Morgan fingerprint density at radius 3 is 2.40 bits per heavy atom. The van der Waals surface area contributed by atoms with Gasteiger partial charge in [0, 0.05) is 0 Å². The van der Waals surface area contributed by atoms with Crippen molar-refractivity contribution >= 4 is 0 Å². The van der Waals surface area contributed by atoms with Crippen LogP contribution < -0.4 is 10.5 Å². The van der Waals surface area contributed by atoms with E-state index in [-0.39, 0.29) is 11.6 Å². The van der Waals surface area contributed by atoms with Crippen LogP contribution in [0.3, 0.4) is 0 Å². The summed E-state index contributed by atoms with van der Waals surface area (Å²) in [6.45, 7) is 2.57. The Morgan fingerprint density at radius 1 is 1.00 bits per heavy atom. The number of benzene rings is 2. The molecule has 0 aliphatic rings. The zero-order valence-electron chi connectivity index (χ0n) is 11.3. The molecule has 0 aromatic heterocycles. The molecule has 0 fully saturated rings. The van der Waals surface area contributed by atoms with Crippen molar-refractivity contribution in [2.24, 2.45) is 5.73 Å². The summed E-state index contributed by atoms with van der Waals surface area (Å²) in [7, 11) is 0. The molecule has 0 saturated heterocycles. The highest BCUT2D eigenvalue weighted by Crippen LogP contribution is 2.22. The summed E-state index contributed by atoms with van der Waals surface area (Å²) in [5.74, 6) is 0.0381. The van der Waals surface area contributed by atoms with Crippen molar-refractivity contribution in [1.82, 2.24) is 0 Å². The van der Waals surface area contributed by atoms with Gasteiger partial charge in [-0.1, -0.05) is 6.07 Å². The second kappa shape index (κ2) is 6.48. The van der Waals surface area contributed by atoms with Gasteiger partial charge in [0.15, 0.2) is 0 Å². The topological polar surface area (TPSA) is 35.2 Å². The SMILES string of the molecule is Cc1cc(F)ccc1COc1ccc(F)cc1CCN. The van der Waals surface area contributed by atoms with Crippen LogP contribution >= 0.6 is 0 Å². The largest absolute Gasteiger partial charge is 0.489 e. The van der Waals surface area contributed by atoms with E-state index < -0.39 is 0 Å². The molecule has 0 aliphatic carbocycles. The molecule has 0 atom stereocenters. The Balaban J connectivity index is 2.14. The molecule has 2 nitrogen and oxygen atoms in total. The summed E-state index contributed by atoms with van der Waals surface area (Å²) in [5, 5.41) is 0. The Kier molecular flexibility index (Phi) is 4.69. The van der Waals surface area contributed by atoms with E-state index in [0.717, 1.165) is 16.7 Å². The highest BCUT2D eigenvalue weighted by molar-refractivity contribution is 5.35. The summed E-state index contributed by atoms with van der Waals surface area (Å²) in [6, 6.07) is 8.93. The van der Waals surface area contributed by atoms with Gasteiger partial charge in [-0.15, -0.1) is 0 Å². The van der Waals surface area contributed by atoms with Crippen molar-refractivity contribution in [3.05, 3.63) is 64.7 Å². The number of rotatable bonds is 5. The van der Waals surface area contributed by atoms with Crippen LogP contribution in [0.15, 0.2) is 36.4 Å². The van der Waals surface area contributed by atoms with Crippen molar-refractivity contribution < 1.29 is 13.5 Å². The lowest BCUT2D eigenvalue weighted by Gasteiger charge is -2.12. The smallest absolute Gasteiger partial charge is 0.123 e. The maximum atomic E-state index is 13.2. The van der Waals surface area contributed by atoms with E-state index in [1.807, 2.05) is 6.92 Å². The fraction of sp³-hybridized carbons (Fsp3) is 0.250. The zero-order valence-corrected chi connectivity index (χ0v) is 11.3. The molecule has 0 saturated carbocycles. The lowest BCUT2D eigenvalue weighted by molar-refractivity contribution is 0.301. The average Bonchev–Trinajstić information content (AvgIpc) is 2.40. The summed E-state index contributed by atoms with van der Waals surface area (Å²) in [4.78, 5) is 0. The quantitative estimate of drug-likeness (QED) is 0.909. The van der Waals surface area contributed by atoms with Gasteiger partial charge in [-0.3, -0.25) is 0 Å². The van der Waals surface area contributed by atoms with Gasteiger partial charge in [-0.2, -0.15) is 0 Å². The van der Waals surface area contributed by atoms with Crippen molar-refractivity contribution in [2.45, 2.75) is 20.0 Å². The van der Waals surface area contributed by atoms with Crippen LogP contribution in [0.1, 0.15) is 16.7 Å². The van der Waals surface area contributed by atoms with Gasteiger partial charge in [-0.25, -0.2) is 8.78 Å². The molecule has 0 heterocycles. The Bertz CT molecular complexity index is 599. The molecule has 0 spiro atoms. The lowest BCUT2D eigenvalue weighted by atomic mass is 10.1. The molecule has 2 aromatic rings. The third kappa shape index (κ3) is 3.54. The van der Waals surface area contributed by atoms with Gasteiger partial charge >= 0.3 is 0 Å². The van der Waals surface area contributed by atoms with Crippen LogP contribution in [0, 0.1) is 18.6 Å². The lowest BCUT2D eigenvalue weighted by Crippen LogP contribution is -2.06. The minimum absolute atomic E-state index is 0.267. The van der Waals surface area contributed by atoms with E-state index in [9.17, 15) is 8.78 Å². The first-order chi connectivity index (χ1) is 9.60. The fourth-order valence-electron chi connectivity index (χ4n) is 2.02. The number of nitrogens with two attached hydrogens (primary N) is 1. The van der Waals surface area contributed by atoms with Crippen LogP contribution in [0.5, 0.6) is 5.75 Å². The van der Waals surface area contributed by atoms with E-state index in [1.54, 1.807) is 12.1 Å². The minimum atomic E-state index is -0.307. The van der Waals surface area contributed by atoms with Crippen molar-refractivity contribution in [3.8, 4) is 5.75 Å². The molecule has 0 bridgehead atoms. The van der Waals surface area contributed by atoms with Crippen molar-refractivity contribution in [1.29, 1.82) is 0 Å². The van der Waals surface area contributed by atoms with E-state index in [2.05, 4.69) is 0 Å². The second-order valence-corrected chi connectivity index (χ2v) is 4.65. The molecule has 0 unspecified atom stereocenters. The van der Waals surface area contributed by atoms with Crippen LogP contribution in [0.4, 0.5) is 8.78 Å². The Hall–Kier alpha value is -1.94. The van der Waals surface area contributed by atoms with Gasteiger partial charge in [0.05, 0.1) is 0 Å². The highest BCUT2D eigenvalue weighted by Gasteiger charge is 2.07. The first-order valence-corrected chi connectivity index (χ1v) is 6.46. The standard InChI is InChI=1S/C16H17F2NO/c1-11-8-14(17)3-2-13(11)10-20-16-5-4-15(18)9-12(16)6-7-19/h2-5,8-9H,6-7,10,19H2,1H3. The van der Waals surface area contributed by atoms with Gasteiger partial charge in [0.25, 0.3) is 0 Å². The fourth-order valence-corrected chi connectivity index (χ4v) is 2.02. The third-order valence-corrected chi connectivity index (χ3v) is 3.12. The molecule has 20 heavy (non-hydrogen) atoms. The summed E-state index contributed by atoms with van der Waals surface area (Å²) < 4.78 is 31.9. The first-order valence-electron chi connectivity index (χ1n) is 6.46. The molecule has 0 radical (unpaired) electrons. The molecule has 2 rings (SSSR count). The summed E-state index contributed by atoms with van der Waals surface area (Å²) in [6.07, 6.45) is 0.551. The maximum Gasteiger partial charge on any atom is 0.123 e. The van der Waals surface area contributed by atoms with Gasteiger partial charge < -0.3 is 10.5 Å². The highest BCUT2D eigenvalue weighted by atomic mass is 19.1. The van der Waals surface area contributed by atoms with Crippen LogP contribution in [0.25, 0.3) is 0 Å². The van der Waals surface area contributed by atoms with E-state index >= 15 is 0 Å². The number of ether oxygens (including phenoxy) is 1. The maximum absolute atomic E-state index is 13.2. The second-order valence-electron chi connectivity index (χ2n) is 4.65. The predicted octanol–water partition coefficient (Wildman–Crippen LogP) is 3.35. The molecule has 106 valence electrons. The van der Waals surface area contributed by atoms with Crippen LogP contribution in [-0.2, 0) is 13.0 Å². The number of halogens is 2. The number of hydrogen-bond donors (Lipinski definition) is 1. The van der Waals surface area contributed by atoms with Crippen molar-refractivity contribution in [2.75, 3.05) is 6.54 Å². The monoisotopic (exact) mass is 277 g/mol. The number of aryl methyl sites for hydroxylation is 1. The number of hydrogen-bond acceptors (Lipinski definition) is 2.